The van der Waals surface area contributed by atoms with Crippen LogP contribution in [0.3, 0.4) is 0 Å². The lowest BCUT2D eigenvalue weighted by molar-refractivity contribution is 0.0631. The Kier molecular flexibility index (Phi) is 4.54. The third-order valence-corrected chi connectivity index (χ3v) is 6.69. The Bertz CT molecular complexity index is 1090. The number of nitrogens with zero attached hydrogens (tertiary/aromatic N) is 5. The smallest absolute Gasteiger partial charge is 0.228 e. The van der Waals surface area contributed by atoms with Crippen molar-refractivity contribution in [1.82, 2.24) is 25.3 Å². The van der Waals surface area contributed by atoms with Gasteiger partial charge in [-0.3, -0.25) is 4.98 Å². The van der Waals surface area contributed by atoms with Crippen LogP contribution in [-0.4, -0.2) is 59.3 Å². The monoisotopic (exact) mass is 415 g/mol. The highest BCUT2D eigenvalue weighted by Gasteiger charge is 2.46. The van der Waals surface area contributed by atoms with Crippen LogP contribution in [0.5, 0.6) is 0 Å². The first-order valence-electron chi connectivity index (χ1n) is 10.9. The maximum Gasteiger partial charge on any atom is 0.228 e. The third-order valence-electron chi connectivity index (χ3n) is 6.69. The molecule has 3 aromatic rings. The molecule has 0 unspecified atom stereocenters. The zero-order valence-corrected chi connectivity index (χ0v) is 17.3. The van der Waals surface area contributed by atoms with Gasteiger partial charge < -0.3 is 20.3 Å². The second-order valence-corrected chi connectivity index (χ2v) is 8.34. The first-order valence-corrected chi connectivity index (χ1v) is 10.9. The topological polar surface area (TPSA) is 88.1 Å². The van der Waals surface area contributed by atoms with E-state index in [1.807, 2.05) is 30.9 Å². The van der Waals surface area contributed by atoms with Gasteiger partial charge in [-0.05, 0) is 42.2 Å². The van der Waals surface area contributed by atoms with Crippen molar-refractivity contribution in [2.45, 2.75) is 18.3 Å². The molecule has 1 spiro atoms. The largest absolute Gasteiger partial charge is 0.381 e. The second-order valence-electron chi connectivity index (χ2n) is 8.34. The number of anilines is 3. The van der Waals surface area contributed by atoms with Gasteiger partial charge in [0, 0.05) is 69.0 Å². The van der Waals surface area contributed by atoms with E-state index in [2.05, 4.69) is 42.6 Å². The number of nitrogens with one attached hydrogen (secondary N) is 2. The summed E-state index contributed by atoms with van der Waals surface area (Å²) in [5.41, 5.74) is 5.62. The number of hydrogen-bond donors (Lipinski definition) is 2. The molecule has 0 radical (unpaired) electrons. The number of pyridine rings is 2. The number of rotatable bonds is 3. The molecule has 0 saturated carbocycles. The fourth-order valence-electron chi connectivity index (χ4n) is 5.05. The molecule has 1 aliphatic carbocycles. The summed E-state index contributed by atoms with van der Waals surface area (Å²) < 4.78 is 5.68. The summed E-state index contributed by atoms with van der Waals surface area (Å²) in [4.78, 5) is 20.9. The van der Waals surface area contributed by atoms with Crippen molar-refractivity contribution in [3.8, 4) is 11.1 Å². The molecule has 6 rings (SSSR count). The molecule has 2 fully saturated rings. The SMILES string of the molecule is c1cc2c(cn1)C1(CCOCC1)c1nc(Nc3ccc(N4CCNCC4)cn3)ncc1-2. The van der Waals surface area contributed by atoms with Crippen molar-refractivity contribution in [1.29, 1.82) is 0 Å². The highest BCUT2D eigenvalue weighted by atomic mass is 16.5. The summed E-state index contributed by atoms with van der Waals surface area (Å²) in [5, 5.41) is 6.68. The lowest BCUT2D eigenvalue weighted by Crippen LogP contribution is -2.43. The summed E-state index contributed by atoms with van der Waals surface area (Å²) in [6, 6.07) is 6.18. The van der Waals surface area contributed by atoms with E-state index in [1.54, 1.807) is 0 Å². The van der Waals surface area contributed by atoms with E-state index in [4.69, 9.17) is 9.72 Å². The van der Waals surface area contributed by atoms with Gasteiger partial charge in [0.1, 0.15) is 5.82 Å². The van der Waals surface area contributed by atoms with E-state index in [0.717, 1.165) is 75.0 Å². The molecule has 2 aliphatic heterocycles. The number of ether oxygens (including phenoxy) is 1. The van der Waals surface area contributed by atoms with Crippen LogP contribution in [0.25, 0.3) is 11.1 Å². The number of fused-ring (bicyclic) bond motifs is 5. The normalized spacial score (nSPS) is 19.2. The van der Waals surface area contributed by atoms with Crippen LogP contribution >= 0.6 is 0 Å². The Hall–Kier alpha value is -3.10. The van der Waals surface area contributed by atoms with Gasteiger partial charge in [-0.15, -0.1) is 0 Å². The zero-order valence-electron chi connectivity index (χ0n) is 17.3. The second kappa shape index (κ2) is 7.55. The first kappa shape index (κ1) is 18.7. The van der Waals surface area contributed by atoms with Crippen molar-refractivity contribution < 1.29 is 4.74 Å². The molecule has 8 nitrogen and oxygen atoms in total. The molecule has 8 heteroatoms. The van der Waals surface area contributed by atoms with Gasteiger partial charge in [0.25, 0.3) is 0 Å². The van der Waals surface area contributed by atoms with Crippen molar-refractivity contribution in [3.05, 3.63) is 54.2 Å². The lowest BCUT2D eigenvalue weighted by Gasteiger charge is -2.34. The molecule has 5 heterocycles. The van der Waals surface area contributed by atoms with Crippen LogP contribution in [0.2, 0.25) is 0 Å². The number of piperazine rings is 1. The minimum Gasteiger partial charge on any atom is -0.381 e. The van der Waals surface area contributed by atoms with E-state index in [0.29, 0.717) is 5.95 Å². The van der Waals surface area contributed by atoms with Crippen LogP contribution in [0.1, 0.15) is 24.1 Å². The van der Waals surface area contributed by atoms with Crippen LogP contribution in [-0.2, 0) is 10.2 Å². The van der Waals surface area contributed by atoms with E-state index in [-0.39, 0.29) is 5.41 Å². The predicted molar refractivity (Wildman–Crippen MR) is 119 cm³/mol. The molecule has 2 N–H and O–H groups in total. The van der Waals surface area contributed by atoms with Gasteiger partial charge >= 0.3 is 0 Å². The number of aromatic nitrogens is 4. The summed E-state index contributed by atoms with van der Waals surface area (Å²) >= 11 is 0. The van der Waals surface area contributed by atoms with Crippen LogP contribution in [0.4, 0.5) is 17.5 Å². The minimum atomic E-state index is -0.143. The van der Waals surface area contributed by atoms with Crippen LogP contribution < -0.4 is 15.5 Å². The van der Waals surface area contributed by atoms with E-state index >= 15 is 0 Å². The predicted octanol–water partition coefficient (Wildman–Crippen LogP) is 2.50. The maximum absolute atomic E-state index is 5.68. The minimum absolute atomic E-state index is 0.143. The van der Waals surface area contributed by atoms with Crippen molar-refractivity contribution in [3.63, 3.8) is 0 Å². The van der Waals surface area contributed by atoms with Crippen molar-refractivity contribution in [2.75, 3.05) is 49.6 Å². The van der Waals surface area contributed by atoms with Gasteiger partial charge in [-0.1, -0.05) is 0 Å². The Morgan fingerprint density at radius 3 is 2.65 bits per heavy atom. The molecule has 0 aromatic carbocycles. The molecule has 158 valence electrons. The first-order chi connectivity index (χ1) is 15.3. The van der Waals surface area contributed by atoms with Gasteiger partial charge in [-0.25, -0.2) is 15.0 Å². The van der Waals surface area contributed by atoms with Crippen LogP contribution in [0, 0.1) is 0 Å². The van der Waals surface area contributed by atoms with Gasteiger partial charge in [-0.2, -0.15) is 0 Å². The standard InChI is InChI=1S/C23H25N7O/c1-2-20(26-13-16(1)30-9-7-24-8-10-30)28-22-27-14-18-17-3-6-25-15-19(17)23(21(18)29-22)4-11-31-12-5-23/h1-3,6,13-15,24H,4-5,7-12H2,(H,26,27,28,29). The Labute approximate surface area is 181 Å². The van der Waals surface area contributed by atoms with E-state index in [9.17, 15) is 0 Å². The van der Waals surface area contributed by atoms with Gasteiger partial charge in [0.05, 0.1) is 17.6 Å². The highest BCUT2D eigenvalue weighted by molar-refractivity contribution is 5.79. The quantitative estimate of drug-likeness (QED) is 0.675. The molecule has 0 atom stereocenters. The lowest BCUT2D eigenvalue weighted by atomic mass is 9.75. The fourth-order valence-corrected chi connectivity index (χ4v) is 5.05. The average Bonchev–Trinajstić information content (AvgIpc) is 3.10. The molecular formula is C23H25N7O. The number of hydrogen-bond acceptors (Lipinski definition) is 8. The zero-order chi connectivity index (χ0) is 20.7. The van der Waals surface area contributed by atoms with Crippen molar-refractivity contribution in [2.24, 2.45) is 0 Å². The molecule has 3 aromatic heterocycles. The van der Waals surface area contributed by atoms with E-state index in [1.165, 1.54) is 11.1 Å². The molecule has 2 saturated heterocycles. The molecule has 0 amide bonds. The summed E-state index contributed by atoms with van der Waals surface area (Å²) in [6.45, 7) is 5.49. The fraction of sp³-hybridized carbons (Fsp3) is 0.391. The molecule has 31 heavy (non-hydrogen) atoms. The Morgan fingerprint density at radius 2 is 1.84 bits per heavy atom. The highest BCUT2D eigenvalue weighted by Crippen LogP contribution is 2.52. The summed E-state index contributed by atoms with van der Waals surface area (Å²) in [6.07, 6.45) is 9.51. The third kappa shape index (κ3) is 3.14. The molecule has 3 aliphatic rings. The Morgan fingerprint density at radius 1 is 0.968 bits per heavy atom. The van der Waals surface area contributed by atoms with E-state index < -0.39 is 0 Å². The van der Waals surface area contributed by atoms with Crippen molar-refractivity contribution >= 4 is 17.5 Å². The van der Waals surface area contributed by atoms with Crippen LogP contribution in [0.15, 0.2) is 43.0 Å². The maximum atomic E-state index is 5.68. The average molecular weight is 416 g/mol. The van der Waals surface area contributed by atoms with Gasteiger partial charge in [0.2, 0.25) is 5.95 Å². The van der Waals surface area contributed by atoms with Gasteiger partial charge in [0.15, 0.2) is 0 Å². The molecule has 0 bridgehead atoms. The molecular weight excluding hydrogens is 390 g/mol. The summed E-state index contributed by atoms with van der Waals surface area (Å²) in [7, 11) is 0. The summed E-state index contributed by atoms with van der Waals surface area (Å²) in [5.74, 6) is 1.32. The Balaban J connectivity index is 1.30.